The number of hydrogen-bond acceptors (Lipinski definition) is 1. The number of benzene rings is 2. The molecule has 1 saturated heterocycles. The summed E-state index contributed by atoms with van der Waals surface area (Å²) in [6.07, 6.45) is -7.47. The smallest absolute Gasteiger partial charge is 0.339 e. The second kappa shape index (κ2) is 8.28. The van der Waals surface area contributed by atoms with Gasteiger partial charge in [-0.2, -0.15) is 26.3 Å². The summed E-state index contributed by atoms with van der Waals surface area (Å²) in [5.74, 6) is -1.88. The molecule has 1 aliphatic rings. The zero-order valence-electron chi connectivity index (χ0n) is 15.7. The maximum absolute atomic E-state index is 13.7. The Hall–Kier alpha value is -2.58. The van der Waals surface area contributed by atoms with Gasteiger partial charge in [0.1, 0.15) is 5.82 Å². The van der Waals surface area contributed by atoms with Gasteiger partial charge < -0.3 is 4.90 Å². The highest BCUT2D eigenvalue weighted by molar-refractivity contribution is 5.94. The van der Waals surface area contributed by atoms with Crippen molar-refractivity contribution >= 4 is 5.91 Å². The predicted octanol–water partition coefficient (Wildman–Crippen LogP) is 5.96. The fourth-order valence-electron chi connectivity index (χ4n) is 3.56. The van der Waals surface area contributed by atoms with E-state index in [0.29, 0.717) is 44.5 Å². The fraction of sp³-hybridized carbons (Fsp3) is 0.381. The Kier molecular flexibility index (Phi) is 6.10. The average Bonchev–Trinajstić information content (AvgIpc) is 2.66. The Morgan fingerprint density at radius 3 is 2.00 bits per heavy atom. The molecule has 9 heteroatoms. The number of carbonyl (C=O) groups excluding carboxylic acids is 1. The van der Waals surface area contributed by atoms with Gasteiger partial charge >= 0.3 is 12.4 Å². The number of alkyl halides is 6. The van der Waals surface area contributed by atoms with Gasteiger partial charge in [0.25, 0.3) is 5.91 Å². The number of piperidine rings is 1. The molecule has 0 radical (unpaired) electrons. The van der Waals surface area contributed by atoms with Crippen molar-refractivity contribution in [2.45, 2.75) is 31.6 Å². The highest BCUT2D eigenvalue weighted by Crippen LogP contribution is 2.32. The largest absolute Gasteiger partial charge is 0.419 e. The minimum absolute atomic E-state index is 0.151. The number of hydrogen-bond donors (Lipinski definition) is 0. The van der Waals surface area contributed by atoms with Gasteiger partial charge in [0, 0.05) is 18.7 Å². The molecule has 1 heterocycles. The summed E-state index contributed by atoms with van der Waals surface area (Å²) in [6.45, 7) is 0.680. The van der Waals surface area contributed by atoms with Crippen molar-refractivity contribution in [1.29, 1.82) is 0 Å². The first kappa shape index (κ1) is 22.1. The van der Waals surface area contributed by atoms with Crippen LogP contribution >= 0.6 is 0 Å². The molecule has 0 bridgehead atoms. The number of carbonyl (C=O) groups is 1. The number of halogens is 7. The zero-order chi connectivity index (χ0) is 22.1. The van der Waals surface area contributed by atoms with Crippen LogP contribution in [0.3, 0.4) is 0 Å². The molecule has 0 N–H and O–H groups in total. The van der Waals surface area contributed by atoms with Crippen LogP contribution < -0.4 is 0 Å². The lowest BCUT2D eigenvalue weighted by molar-refractivity contribution is -0.140. The normalized spacial score (nSPS) is 16.0. The summed E-state index contributed by atoms with van der Waals surface area (Å²) in [7, 11) is 0. The molecule has 0 aromatic heterocycles. The third kappa shape index (κ3) is 5.12. The molecule has 2 aromatic carbocycles. The van der Waals surface area contributed by atoms with Gasteiger partial charge in [-0.25, -0.2) is 4.39 Å². The lowest BCUT2D eigenvalue weighted by Gasteiger charge is -2.32. The molecule has 2 aromatic rings. The summed E-state index contributed by atoms with van der Waals surface area (Å²) in [6, 6.07) is 7.05. The topological polar surface area (TPSA) is 20.3 Å². The molecule has 30 heavy (non-hydrogen) atoms. The van der Waals surface area contributed by atoms with E-state index in [1.807, 2.05) is 0 Å². The molecule has 0 atom stereocenters. The van der Waals surface area contributed by atoms with Gasteiger partial charge in [-0.05, 0) is 61.1 Å². The third-order valence-corrected chi connectivity index (χ3v) is 5.23. The van der Waals surface area contributed by atoms with E-state index >= 15 is 0 Å². The van der Waals surface area contributed by atoms with Gasteiger partial charge in [-0.3, -0.25) is 4.79 Å². The first-order chi connectivity index (χ1) is 13.9. The van der Waals surface area contributed by atoms with Crippen molar-refractivity contribution in [3.8, 4) is 0 Å². The van der Waals surface area contributed by atoms with Crippen LogP contribution in [-0.4, -0.2) is 23.9 Å². The Morgan fingerprint density at radius 1 is 0.900 bits per heavy atom. The average molecular weight is 433 g/mol. The van der Waals surface area contributed by atoms with E-state index < -0.39 is 35.2 Å². The molecule has 1 amide bonds. The van der Waals surface area contributed by atoms with E-state index in [-0.39, 0.29) is 11.5 Å². The Balaban J connectivity index is 1.57. The van der Waals surface area contributed by atoms with E-state index in [2.05, 4.69) is 0 Å². The molecule has 0 aliphatic carbocycles. The van der Waals surface area contributed by atoms with Gasteiger partial charge in [0.2, 0.25) is 0 Å². The Morgan fingerprint density at radius 2 is 1.50 bits per heavy atom. The lowest BCUT2D eigenvalue weighted by atomic mass is 9.89. The van der Waals surface area contributed by atoms with Crippen LogP contribution in [0.25, 0.3) is 0 Å². The molecule has 3 rings (SSSR count). The van der Waals surface area contributed by atoms with Crippen molar-refractivity contribution in [3.63, 3.8) is 0 Å². The van der Waals surface area contributed by atoms with Crippen LogP contribution in [0.2, 0.25) is 0 Å². The molecule has 1 aliphatic heterocycles. The van der Waals surface area contributed by atoms with Crippen LogP contribution in [0.5, 0.6) is 0 Å². The number of rotatable bonds is 3. The fourth-order valence-corrected chi connectivity index (χ4v) is 3.56. The summed E-state index contributed by atoms with van der Waals surface area (Å²) in [4.78, 5) is 13.9. The molecule has 1 fully saturated rings. The quantitative estimate of drug-likeness (QED) is 0.547. The summed E-state index contributed by atoms with van der Waals surface area (Å²) < 4.78 is 89.5. The first-order valence-corrected chi connectivity index (χ1v) is 9.27. The van der Waals surface area contributed by atoms with Crippen molar-refractivity contribution in [2.75, 3.05) is 13.1 Å². The molecule has 0 unspecified atom stereocenters. The summed E-state index contributed by atoms with van der Waals surface area (Å²) in [5.41, 5.74) is -1.52. The maximum Gasteiger partial charge on any atom is 0.419 e. The standard InChI is InChI=1S/C21H18F7NO/c22-18-12-15(3-6-17(18)21(26,27)28)19(30)29-9-7-14(8-10-29)11-13-1-4-16(5-2-13)20(23,24)25/h1-6,12,14H,7-11H2. The van der Waals surface area contributed by atoms with Gasteiger partial charge in [-0.1, -0.05) is 12.1 Å². The monoisotopic (exact) mass is 433 g/mol. The second-order valence-corrected chi connectivity index (χ2v) is 7.33. The van der Waals surface area contributed by atoms with E-state index in [1.54, 1.807) is 0 Å². The van der Waals surface area contributed by atoms with Crippen molar-refractivity contribution in [1.82, 2.24) is 4.90 Å². The predicted molar refractivity (Wildman–Crippen MR) is 95.2 cm³/mol. The number of nitrogens with zero attached hydrogens (tertiary/aromatic N) is 1. The lowest BCUT2D eigenvalue weighted by Crippen LogP contribution is -2.39. The SMILES string of the molecule is O=C(c1ccc(C(F)(F)F)c(F)c1)N1CCC(Cc2ccc(C(F)(F)F)cc2)CC1. The van der Waals surface area contributed by atoms with Crippen LogP contribution in [0.15, 0.2) is 42.5 Å². The van der Waals surface area contributed by atoms with E-state index in [0.717, 1.165) is 23.8 Å². The van der Waals surface area contributed by atoms with E-state index in [4.69, 9.17) is 0 Å². The number of amides is 1. The van der Waals surface area contributed by atoms with Crippen molar-refractivity contribution < 1.29 is 35.5 Å². The van der Waals surface area contributed by atoms with Gasteiger partial charge in [0.05, 0.1) is 11.1 Å². The minimum atomic E-state index is -4.83. The van der Waals surface area contributed by atoms with E-state index in [9.17, 15) is 35.5 Å². The van der Waals surface area contributed by atoms with Crippen LogP contribution in [-0.2, 0) is 18.8 Å². The molecular formula is C21H18F7NO. The van der Waals surface area contributed by atoms with Gasteiger partial charge in [-0.15, -0.1) is 0 Å². The molecule has 0 saturated carbocycles. The summed E-state index contributed by atoms with van der Waals surface area (Å²) in [5, 5.41) is 0. The zero-order valence-corrected chi connectivity index (χ0v) is 15.7. The minimum Gasteiger partial charge on any atom is -0.339 e. The van der Waals surface area contributed by atoms with Crippen LogP contribution in [0.1, 0.15) is 39.9 Å². The summed E-state index contributed by atoms with van der Waals surface area (Å²) >= 11 is 0. The third-order valence-electron chi connectivity index (χ3n) is 5.23. The van der Waals surface area contributed by atoms with Crippen molar-refractivity contribution in [2.24, 2.45) is 5.92 Å². The molecule has 162 valence electrons. The molecular weight excluding hydrogens is 415 g/mol. The van der Waals surface area contributed by atoms with Gasteiger partial charge in [0.15, 0.2) is 0 Å². The first-order valence-electron chi connectivity index (χ1n) is 9.27. The maximum atomic E-state index is 13.7. The second-order valence-electron chi connectivity index (χ2n) is 7.33. The molecule has 0 spiro atoms. The van der Waals surface area contributed by atoms with Crippen LogP contribution in [0, 0.1) is 11.7 Å². The van der Waals surface area contributed by atoms with Crippen molar-refractivity contribution in [3.05, 3.63) is 70.5 Å². The number of likely N-dealkylation sites (tertiary alicyclic amines) is 1. The van der Waals surface area contributed by atoms with Crippen LogP contribution in [0.4, 0.5) is 30.7 Å². The van der Waals surface area contributed by atoms with E-state index in [1.165, 1.54) is 17.0 Å². The highest BCUT2D eigenvalue weighted by Gasteiger charge is 2.35. The Labute approximate surface area is 168 Å². The highest BCUT2D eigenvalue weighted by atomic mass is 19.4. The Bertz CT molecular complexity index is 895. The molecule has 2 nitrogen and oxygen atoms in total.